The van der Waals surface area contributed by atoms with Crippen LogP contribution in [0.2, 0.25) is 0 Å². The maximum atomic E-state index is 11.8. The van der Waals surface area contributed by atoms with Gasteiger partial charge in [0.2, 0.25) is 5.76 Å². The van der Waals surface area contributed by atoms with Crippen LogP contribution in [-0.2, 0) is 19.1 Å². The number of allylic oxidation sites excluding steroid dienone is 1. The molecule has 2 aliphatic carbocycles. The summed E-state index contributed by atoms with van der Waals surface area (Å²) in [6.07, 6.45) is 4.10. The van der Waals surface area contributed by atoms with E-state index in [4.69, 9.17) is 0 Å². The molecule has 0 amide bonds. The topological polar surface area (TPSA) is 80.7 Å². The van der Waals surface area contributed by atoms with Crippen molar-refractivity contribution in [3.05, 3.63) is 11.3 Å². The molecule has 0 aromatic carbocycles. The summed E-state index contributed by atoms with van der Waals surface area (Å²) in [5.41, 5.74) is -0.256. The first kappa shape index (κ1) is 19.4. The van der Waals surface area contributed by atoms with Gasteiger partial charge in [-0.25, -0.2) is 4.79 Å². The van der Waals surface area contributed by atoms with Crippen LogP contribution in [0.3, 0.4) is 0 Å². The number of aliphatic hydroxyl groups is 1. The summed E-state index contributed by atoms with van der Waals surface area (Å²) in [4.78, 5) is 33.9. The number of esters is 1. The lowest BCUT2D eigenvalue weighted by molar-refractivity contribution is -0.142. The van der Waals surface area contributed by atoms with Gasteiger partial charge in [0.25, 0.3) is 0 Å². The molecule has 0 radical (unpaired) electrons. The lowest BCUT2D eigenvalue weighted by atomic mass is 9.90. The van der Waals surface area contributed by atoms with Gasteiger partial charge in [0.15, 0.2) is 5.78 Å². The highest BCUT2D eigenvalue weighted by atomic mass is 16.5. The fourth-order valence-electron chi connectivity index (χ4n) is 2.79. The molecule has 0 atom stereocenters. The van der Waals surface area contributed by atoms with E-state index in [0.717, 1.165) is 19.3 Å². The Bertz CT molecular complexity index is 526. The van der Waals surface area contributed by atoms with Gasteiger partial charge in [0.1, 0.15) is 5.78 Å². The van der Waals surface area contributed by atoms with E-state index in [1.54, 1.807) is 20.8 Å². The van der Waals surface area contributed by atoms with E-state index < -0.39 is 17.1 Å². The Morgan fingerprint density at radius 2 is 1.70 bits per heavy atom. The molecule has 2 fully saturated rings. The Morgan fingerprint density at radius 3 is 2.00 bits per heavy atom. The largest absolute Gasteiger partial charge is 0.502 e. The molecule has 0 spiro atoms. The molecule has 0 saturated heterocycles. The number of rotatable bonds is 2. The highest BCUT2D eigenvalue weighted by Crippen LogP contribution is 2.38. The van der Waals surface area contributed by atoms with Gasteiger partial charge in [-0.15, -0.1) is 0 Å². The van der Waals surface area contributed by atoms with Crippen molar-refractivity contribution in [1.29, 1.82) is 0 Å². The summed E-state index contributed by atoms with van der Waals surface area (Å²) < 4.78 is 4.63. The van der Waals surface area contributed by atoms with E-state index in [0.29, 0.717) is 18.6 Å². The molecule has 130 valence electrons. The summed E-state index contributed by atoms with van der Waals surface area (Å²) in [5.74, 6) is -1.04. The zero-order valence-corrected chi connectivity index (χ0v) is 14.8. The highest BCUT2D eigenvalue weighted by molar-refractivity contribution is 6.06. The fraction of sp³-hybridized carbons (Fsp3) is 0.722. The Hall–Kier alpha value is -1.65. The van der Waals surface area contributed by atoms with Crippen molar-refractivity contribution in [3.8, 4) is 0 Å². The molecular formula is C18H28O5. The van der Waals surface area contributed by atoms with E-state index in [-0.39, 0.29) is 23.4 Å². The number of ketones is 2. The van der Waals surface area contributed by atoms with Crippen molar-refractivity contribution in [2.75, 3.05) is 6.61 Å². The third kappa shape index (κ3) is 4.66. The molecule has 2 aliphatic rings. The van der Waals surface area contributed by atoms with Crippen molar-refractivity contribution in [2.24, 2.45) is 10.8 Å². The molecule has 2 rings (SSSR count). The van der Waals surface area contributed by atoms with Gasteiger partial charge in [-0.3, -0.25) is 9.59 Å². The van der Waals surface area contributed by atoms with Gasteiger partial charge in [-0.2, -0.15) is 0 Å². The summed E-state index contributed by atoms with van der Waals surface area (Å²) in [7, 11) is 0. The fourth-order valence-corrected chi connectivity index (χ4v) is 2.79. The van der Waals surface area contributed by atoms with Crippen LogP contribution in [-0.4, -0.2) is 29.2 Å². The first-order chi connectivity index (χ1) is 10.5. The van der Waals surface area contributed by atoms with Crippen LogP contribution in [0.4, 0.5) is 0 Å². The third-order valence-corrected chi connectivity index (χ3v) is 4.60. The minimum absolute atomic E-state index is 0.0139. The molecule has 0 unspecified atom stereocenters. The predicted molar refractivity (Wildman–Crippen MR) is 86.9 cm³/mol. The van der Waals surface area contributed by atoms with Crippen LogP contribution in [0.5, 0.6) is 0 Å². The lowest BCUT2D eigenvalue weighted by Crippen LogP contribution is -2.20. The zero-order valence-electron chi connectivity index (χ0n) is 14.8. The molecule has 0 aliphatic heterocycles. The summed E-state index contributed by atoms with van der Waals surface area (Å²) in [5, 5.41) is 9.54. The Labute approximate surface area is 138 Å². The summed E-state index contributed by atoms with van der Waals surface area (Å²) >= 11 is 0. The molecule has 0 aromatic rings. The Kier molecular flexibility index (Phi) is 6.14. The third-order valence-electron chi connectivity index (χ3n) is 4.60. The highest BCUT2D eigenvalue weighted by Gasteiger charge is 2.39. The maximum absolute atomic E-state index is 11.8. The van der Waals surface area contributed by atoms with Gasteiger partial charge in [0.05, 0.1) is 6.61 Å². The average molecular weight is 324 g/mol. The van der Waals surface area contributed by atoms with Gasteiger partial charge in [0, 0.05) is 22.8 Å². The van der Waals surface area contributed by atoms with Crippen molar-refractivity contribution in [3.63, 3.8) is 0 Å². The Morgan fingerprint density at radius 1 is 1.09 bits per heavy atom. The second-order valence-corrected chi connectivity index (χ2v) is 7.42. The number of Topliss-reactive ketones (excluding diaryl/α,β-unsaturated/α-hetero) is 2. The van der Waals surface area contributed by atoms with E-state index in [2.05, 4.69) is 4.74 Å². The normalized spacial score (nSPS) is 24.0. The number of carbonyl (C=O) groups excluding carboxylic acids is 3. The average Bonchev–Trinajstić information content (AvgIpc) is 2.90. The minimum Gasteiger partial charge on any atom is -0.502 e. The van der Waals surface area contributed by atoms with Gasteiger partial charge in [-0.05, 0) is 32.6 Å². The Balaban J connectivity index is 0.000000277. The van der Waals surface area contributed by atoms with E-state index >= 15 is 0 Å². The van der Waals surface area contributed by atoms with Crippen molar-refractivity contribution < 1.29 is 24.2 Å². The first-order valence-corrected chi connectivity index (χ1v) is 8.20. The van der Waals surface area contributed by atoms with Crippen LogP contribution in [0.1, 0.15) is 66.7 Å². The van der Waals surface area contributed by atoms with Crippen molar-refractivity contribution in [2.45, 2.75) is 66.7 Å². The summed E-state index contributed by atoms with van der Waals surface area (Å²) in [6, 6.07) is 0. The van der Waals surface area contributed by atoms with Crippen LogP contribution < -0.4 is 0 Å². The molecule has 5 heteroatoms. The number of hydrogen-bond acceptors (Lipinski definition) is 5. The number of aliphatic hydroxyl groups excluding tert-OH is 1. The molecule has 5 nitrogen and oxygen atoms in total. The molecule has 23 heavy (non-hydrogen) atoms. The zero-order chi connectivity index (χ0) is 17.8. The molecule has 0 aromatic heterocycles. The van der Waals surface area contributed by atoms with Gasteiger partial charge in [-0.1, -0.05) is 27.7 Å². The standard InChI is InChI=1S/C11H16O4.C7H12O/c1-4-15-10(14)8(12)7-5-6-11(2,3)9(7)13;1-7(2)5-3-4-6(7)8/h12H,4-6H2,1-3H3;3-5H2,1-2H3. The van der Waals surface area contributed by atoms with Gasteiger partial charge < -0.3 is 9.84 Å². The van der Waals surface area contributed by atoms with Crippen molar-refractivity contribution in [1.82, 2.24) is 0 Å². The van der Waals surface area contributed by atoms with E-state index in [1.807, 2.05) is 13.8 Å². The SMILES string of the molecule is CC1(C)CCCC1=O.CCOC(=O)C(O)=C1CCC(C)(C)C1=O. The minimum atomic E-state index is -0.807. The molecule has 2 saturated carbocycles. The smallest absolute Gasteiger partial charge is 0.373 e. The second kappa shape index (κ2) is 7.28. The molecule has 1 N–H and O–H groups in total. The molecule has 0 heterocycles. The van der Waals surface area contributed by atoms with E-state index in [1.165, 1.54) is 0 Å². The monoisotopic (exact) mass is 324 g/mol. The predicted octanol–water partition coefficient (Wildman–Crippen LogP) is 3.52. The quantitative estimate of drug-likeness (QED) is 0.477. The van der Waals surface area contributed by atoms with E-state index in [9.17, 15) is 19.5 Å². The van der Waals surface area contributed by atoms with Gasteiger partial charge >= 0.3 is 5.97 Å². The maximum Gasteiger partial charge on any atom is 0.373 e. The molecular weight excluding hydrogens is 296 g/mol. The first-order valence-electron chi connectivity index (χ1n) is 8.20. The number of ether oxygens (including phenoxy) is 1. The van der Waals surface area contributed by atoms with Crippen LogP contribution in [0.15, 0.2) is 11.3 Å². The lowest BCUT2D eigenvalue weighted by Gasteiger charge is -2.12. The number of carbonyl (C=O) groups is 3. The van der Waals surface area contributed by atoms with Crippen LogP contribution >= 0.6 is 0 Å². The van der Waals surface area contributed by atoms with Crippen LogP contribution in [0, 0.1) is 10.8 Å². The van der Waals surface area contributed by atoms with Crippen molar-refractivity contribution >= 4 is 17.5 Å². The van der Waals surface area contributed by atoms with Crippen LogP contribution in [0.25, 0.3) is 0 Å². The number of hydrogen-bond donors (Lipinski definition) is 1. The molecule has 0 bridgehead atoms. The summed E-state index contributed by atoms with van der Waals surface area (Å²) in [6.45, 7) is 9.51. The second-order valence-electron chi connectivity index (χ2n) is 7.42.